The van der Waals surface area contributed by atoms with Gasteiger partial charge in [-0.15, -0.1) is 0 Å². The van der Waals surface area contributed by atoms with Crippen molar-refractivity contribution in [1.29, 1.82) is 0 Å². The van der Waals surface area contributed by atoms with E-state index in [2.05, 4.69) is 0 Å². The molecule has 0 aromatic carbocycles. The molecule has 0 spiro atoms. The van der Waals surface area contributed by atoms with Crippen LogP contribution < -0.4 is 6.15 Å². The van der Waals surface area contributed by atoms with Gasteiger partial charge in [-0.1, -0.05) is 0 Å². The van der Waals surface area contributed by atoms with Gasteiger partial charge >= 0.3 is 7.60 Å². The van der Waals surface area contributed by atoms with Crippen LogP contribution in [0.5, 0.6) is 0 Å². The number of hydrogen-bond donors (Lipinski definition) is 5. The maximum Gasteiger partial charge on any atom is 0.356 e. The quantitative estimate of drug-likeness (QED) is 0.341. The molecule has 0 heterocycles. The fourth-order valence-corrected chi connectivity index (χ4v) is 0.843. The summed E-state index contributed by atoms with van der Waals surface area (Å²) in [6, 6.07) is 0. The minimum Gasteiger partial charge on any atom is -0.390 e. The number of aliphatic hydroxyl groups excluding tert-OH is 2. The van der Waals surface area contributed by atoms with Gasteiger partial charge in [-0.05, 0) is 6.92 Å². The highest BCUT2D eigenvalue weighted by Crippen LogP contribution is 2.40. The topological polar surface area (TPSA) is 133 Å². The van der Waals surface area contributed by atoms with Crippen molar-refractivity contribution in [2.75, 3.05) is 0 Å². The summed E-state index contributed by atoms with van der Waals surface area (Å²) in [5.41, 5.74) is 0. The number of aliphatic hydroxyl groups is 2. The maximum atomic E-state index is 10.1. The summed E-state index contributed by atoms with van der Waals surface area (Å²) in [5.74, 6) is -1.96. The lowest BCUT2D eigenvalue weighted by molar-refractivity contribution is 0.0641. The molecule has 64 valence electrons. The van der Waals surface area contributed by atoms with Crippen LogP contribution in [0.2, 0.25) is 0 Å². The van der Waals surface area contributed by atoms with Crippen LogP contribution in [0.4, 0.5) is 0 Å². The lowest BCUT2D eigenvalue weighted by atomic mass is 10.4. The molecule has 2 atom stereocenters. The summed E-state index contributed by atoms with van der Waals surface area (Å²) in [6.45, 7) is 1.10. The van der Waals surface area contributed by atoms with Gasteiger partial charge < -0.3 is 26.2 Å². The van der Waals surface area contributed by atoms with Crippen LogP contribution in [0, 0.1) is 0 Å². The predicted octanol–water partition coefficient (Wildman–Crippen LogP) is -0.975. The Labute approximate surface area is 58.2 Å². The molecule has 0 bridgehead atoms. The average Bonchev–Trinajstić information content (AvgIpc) is 1.62. The number of rotatable bonds is 2. The summed E-state index contributed by atoms with van der Waals surface area (Å²) in [7, 11) is -4.51. The Morgan fingerprint density at radius 3 is 1.60 bits per heavy atom. The molecular formula is C3H12NO5P. The first-order chi connectivity index (χ1) is 3.85. The second kappa shape index (κ2) is 4.02. The van der Waals surface area contributed by atoms with Crippen LogP contribution in [0.3, 0.4) is 0 Å². The molecule has 0 unspecified atom stereocenters. The summed E-state index contributed by atoms with van der Waals surface area (Å²) in [5, 5.41) is 16.9. The molecule has 6 nitrogen and oxygen atoms in total. The van der Waals surface area contributed by atoms with Crippen LogP contribution in [0.25, 0.3) is 0 Å². The smallest absolute Gasteiger partial charge is 0.356 e. The molecule has 0 radical (unpaired) electrons. The molecule has 7 N–H and O–H groups in total. The first-order valence-electron chi connectivity index (χ1n) is 2.27. The van der Waals surface area contributed by atoms with Crippen molar-refractivity contribution >= 4 is 7.60 Å². The molecule has 0 aliphatic carbocycles. The summed E-state index contributed by atoms with van der Waals surface area (Å²) < 4.78 is 10.1. The maximum absolute atomic E-state index is 10.1. The molecule has 0 aromatic heterocycles. The highest BCUT2D eigenvalue weighted by Gasteiger charge is 2.30. The highest BCUT2D eigenvalue weighted by molar-refractivity contribution is 7.52. The molecule has 0 amide bonds. The monoisotopic (exact) mass is 173 g/mol. The van der Waals surface area contributed by atoms with E-state index in [1.807, 2.05) is 0 Å². The molecule has 0 aliphatic heterocycles. The fraction of sp³-hybridized carbons (Fsp3) is 1.00. The summed E-state index contributed by atoms with van der Waals surface area (Å²) >= 11 is 0. The van der Waals surface area contributed by atoms with E-state index in [4.69, 9.17) is 20.0 Å². The molecule has 0 aromatic rings. The molecule has 0 saturated carbocycles. The SMILES string of the molecule is C[C@H](O)[C@@H](O)P(=O)(O)O.N. The summed E-state index contributed by atoms with van der Waals surface area (Å²) in [4.78, 5) is 16.3. The third kappa shape index (κ3) is 3.94. The van der Waals surface area contributed by atoms with E-state index in [1.165, 1.54) is 0 Å². The highest BCUT2D eigenvalue weighted by atomic mass is 31.2. The van der Waals surface area contributed by atoms with E-state index in [1.54, 1.807) is 0 Å². The average molecular weight is 173 g/mol. The van der Waals surface area contributed by atoms with Crippen LogP contribution in [0.15, 0.2) is 0 Å². The Hall–Kier alpha value is 0.0300. The van der Waals surface area contributed by atoms with Gasteiger partial charge in [0.25, 0.3) is 0 Å². The van der Waals surface area contributed by atoms with Crippen molar-refractivity contribution in [1.82, 2.24) is 6.15 Å². The Morgan fingerprint density at radius 2 is 1.60 bits per heavy atom. The van der Waals surface area contributed by atoms with Crippen LogP contribution in [-0.2, 0) is 4.57 Å². The lowest BCUT2D eigenvalue weighted by Crippen LogP contribution is -2.21. The van der Waals surface area contributed by atoms with E-state index in [-0.39, 0.29) is 6.15 Å². The third-order valence-electron chi connectivity index (χ3n) is 0.776. The molecule has 0 aliphatic rings. The normalized spacial score (nSPS) is 17.3. The van der Waals surface area contributed by atoms with Crippen molar-refractivity contribution in [2.45, 2.75) is 18.9 Å². The Bertz CT molecular complexity index is 131. The van der Waals surface area contributed by atoms with E-state index in [0.717, 1.165) is 6.92 Å². The summed E-state index contributed by atoms with van der Waals surface area (Å²) in [6.07, 6.45) is -1.40. The van der Waals surface area contributed by atoms with E-state index in [9.17, 15) is 4.57 Å². The van der Waals surface area contributed by atoms with Crippen molar-refractivity contribution in [3.8, 4) is 0 Å². The second-order valence-corrected chi connectivity index (χ2v) is 3.45. The zero-order valence-corrected chi connectivity index (χ0v) is 6.40. The molecule has 10 heavy (non-hydrogen) atoms. The van der Waals surface area contributed by atoms with Gasteiger partial charge in [0.15, 0.2) is 5.85 Å². The van der Waals surface area contributed by atoms with Crippen molar-refractivity contribution in [3.63, 3.8) is 0 Å². The van der Waals surface area contributed by atoms with E-state index < -0.39 is 19.5 Å². The van der Waals surface area contributed by atoms with Crippen LogP contribution >= 0.6 is 7.60 Å². The zero-order valence-electron chi connectivity index (χ0n) is 5.51. The van der Waals surface area contributed by atoms with Gasteiger partial charge in [0.1, 0.15) is 0 Å². The van der Waals surface area contributed by atoms with Gasteiger partial charge in [0.2, 0.25) is 0 Å². The van der Waals surface area contributed by atoms with Gasteiger partial charge in [0, 0.05) is 0 Å². The molecule has 0 saturated heterocycles. The van der Waals surface area contributed by atoms with Crippen molar-refractivity contribution < 1.29 is 24.6 Å². The molecule has 7 heteroatoms. The van der Waals surface area contributed by atoms with Gasteiger partial charge in [-0.25, -0.2) is 0 Å². The minimum atomic E-state index is -4.51. The Morgan fingerprint density at radius 1 is 1.30 bits per heavy atom. The minimum absolute atomic E-state index is 0. The largest absolute Gasteiger partial charge is 0.390 e. The first kappa shape index (κ1) is 12.7. The standard InChI is InChI=1S/C3H9O5P.H3N/c1-2(4)3(5)9(6,7)8;/h2-5H,1H3,(H2,6,7,8);1H3/t2-,3-;/m0./s1. The van der Waals surface area contributed by atoms with Crippen molar-refractivity contribution in [3.05, 3.63) is 0 Å². The van der Waals surface area contributed by atoms with Gasteiger partial charge in [0.05, 0.1) is 6.10 Å². The molecule has 0 fully saturated rings. The van der Waals surface area contributed by atoms with Gasteiger partial charge in [-0.2, -0.15) is 0 Å². The fourth-order valence-electron chi connectivity index (χ4n) is 0.281. The van der Waals surface area contributed by atoms with Gasteiger partial charge in [-0.3, -0.25) is 4.57 Å². The zero-order chi connectivity index (χ0) is 7.65. The Kier molecular flexibility index (Phi) is 5.10. The van der Waals surface area contributed by atoms with Crippen molar-refractivity contribution in [2.24, 2.45) is 0 Å². The third-order valence-corrected chi connectivity index (χ3v) is 1.90. The lowest BCUT2D eigenvalue weighted by Gasteiger charge is -2.13. The van der Waals surface area contributed by atoms with Crippen LogP contribution in [0.1, 0.15) is 6.92 Å². The molecular weight excluding hydrogens is 161 g/mol. The predicted molar refractivity (Wildman–Crippen MR) is 34.8 cm³/mol. The first-order valence-corrected chi connectivity index (χ1v) is 3.95. The second-order valence-electron chi connectivity index (χ2n) is 1.74. The van der Waals surface area contributed by atoms with E-state index in [0.29, 0.717) is 0 Å². The number of hydrogen-bond acceptors (Lipinski definition) is 4. The van der Waals surface area contributed by atoms with E-state index >= 15 is 0 Å². The Balaban J connectivity index is 0. The van der Waals surface area contributed by atoms with Crippen LogP contribution in [-0.4, -0.2) is 31.9 Å². The molecule has 0 rings (SSSR count).